The Hall–Kier alpha value is -2.57. The molecule has 1 aliphatic heterocycles. The zero-order chi connectivity index (χ0) is 18.0. The third-order valence-corrected chi connectivity index (χ3v) is 3.82. The second-order valence-electron chi connectivity index (χ2n) is 5.29. The fourth-order valence-corrected chi connectivity index (χ4v) is 2.77. The van der Waals surface area contributed by atoms with Crippen LogP contribution in [0.1, 0.15) is 5.56 Å². The highest BCUT2D eigenvalue weighted by atomic mass is 35.5. The number of azide groups is 1. The van der Waals surface area contributed by atoms with Crippen LogP contribution in [-0.4, -0.2) is 19.3 Å². The Morgan fingerprint density at radius 2 is 2.00 bits per heavy atom. The van der Waals surface area contributed by atoms with Gasteiger partial charge in [0.25, 0.3) is 0 Å². The molecule has 0 N–H and O–H groups in total. The van der Waals surface area contributed by atoms with E-state index in [4.69, 9.17) is 26.6 Å². The summed E-state index contributed by atoms with van der Waals surface area (Å²) in [5.41, 5.74) is 7.70. The summed E-state index contributed by atoms with van der Waals surface area (Å²) >= 11 is 6.03. The highest BCUT2D eigenvalue weighted by molar-refractivity contribution is 6.31. The molecule has 0 aliphatic carbocycles. The largest absolute Gasteiger partial charge is 0.486 e. The zero-order valence-corrected chi connectivity index (χ0v) is 13.4. The molecule has 5 nitrogen and oxygen atoms in total. The van der Waals surface area contributed by atoms with Crippen molar-refractivity contribution < 1.29 is 22.6 Å². The molecular formula is C16H11ClF3N3O2. The van der Waals surface area contributed by atoms with Crippen LogP contribution in [0.2, 0.25) is 5.02 Å². The van der Waals surface area contributed by atoms with Gasteiger partial charge in [-0.2, -0.15) is 13.2 Å². The van der Waals surface area contributed by atoms with Crippen molar-refractivity contribution in [2.45, 2.75) is 12.3 Å². The van der Waals surface area contributed by atoms with Crippen LogP contribution in [0.15, 0.2) is 41.5 Å². The highest BCUT2D eigenvalue weighted by Crippen LogP contribution is 2.46. The van der Waals surface area contributed by atoms with Gasteiger partial charge in [-0.3, -0.25) is 0 Å². The van der Waals surface area contributed by atoms with Gasteiger partial charge in [-0.25, -0.2) is 0 Å². The van der Waals surface area contributed by atoms with E-state index in [2.05, 4.69) is 10.0 Å². The summed E-state index contributed by atoms with van der Waals surface area (Å²) in [6.07, 6.45) is -5.13. The quantitative estimate of drug-likeness (QED) is 0.408. The molecule has 2 aromatic rings. The maximum atomic E-state index is 13.3. The molecule has 1 heterocycles. The van der Waals surface area contributed by atoms with Crippen molar-refractivity contribution in [2.75, 3.05) is 13.2 Å². The fourth-order valence-electron chi connectivity index (χ4n) is 2.56. The van der Waals surface area contributed by atoms with Crippen LogP contribution in [0, 0.1) is 0 Å². The minimum atomic E-state index is -4.54. The van der Waals surface area contributed by atoms with E-state index in [9.17, 15) is 13.2 Å². The summed E-state index contributed by atoms with van der Waals surface area (Å²) in [5.74, 6) is 0.391. The van der Waals surface area contributed by atoms with E-state index in [1.165, 1.54) is 30.3 Å². The maximum Gasteiger partial charge on any atom is 0.417 e. The SMILES string of the molecule is [N-]=[N+]=NCC1COc2cc(Cl)cc(-c3ccccc3C(F)(F)F)c2O1. The number of nitrogens with zero attached hydrogens (tertiary/aromatic N) is 3. The molecule has 0 saturated carbocycles. The first-order valence-electron chi connectivity index (χ1n) is 7.20. The number of rotatable bonds is 3. The van der Waals surface area contributed by atoms with E-state index in [1.807, 2.05) is 0 Å². The molecule has 1 atom stereocenters. The summed E-state index contributed by atoms with van der Waals surface area (Å²) < 4.78 is 51.3. The van der Waals surface area contributed by atoms with Crippen molar-refractivity contribution in [1.29, 1.82) is 0 Å². The molecule has 0 saturated heterocycles. The van der Waals surface area contributed by atoms with Gasteiger partial charge in [0.15, 0.2) is 11.5 Å². The molecule has 0 radical (unpaired) electrons. The standard InChI is InChI=1S/C16H11ClF3N3O2/c17-9-5-12(11-3-1-2-4-13(11)16(18,19)20)15-14(6-9)24-8-10(25-15)7-22-23-21/h1-6,10H,7-8H2. The molecule has 25 heavy (non-hydrogen) atoms. The molecule has 2 aromatic carbocycles. The number of fused-ring (bicyclic) bond motifs is 1. The van der Waals surface area contributed by atoms with Crippen LogP contribution in [0.25, 0.3) is 21.6 Å². The molecule has 1 aliphatic rings. The minimum absolute atomic E-state index is 0.00107. The Morgan fingerprint density at radius 3 is 2.72 bits per heavy atom. The lowest BCUT2D eigenvalue weighted by molar-refractivity contribution is -0.137. The summed E-state index contributed by atoms with van der Waals surface area (Å²) in [6.45, 7) is 0.103. The lowest BCUT2D eigenvalue weighted by atomic mass is 9.97. The van der Waals surface area contributed by atoms with Gasteiger partial charge < -0.3 is 9.47 Å². The van der Waals surface area contributed by atoms with Gasteiger partial charge in [0, 0.05) is 21.6 Å². The summed E-state index contributed by atoms with van der Waals surface area (Å²) in [7, 11) is 0. The summed E-state index contributed by atoms with van der Waals surface area (Å²) in [6, 6.07) is 8.01. The molecule has 0 spiro atoms. The first-order valence-corrected chi connectivity index (χ1v) is 7.58. The van der Waals surface area contributed by atoms with Gasteiger partial charge in [-0.05, 0) is 23.2 Å². The number of halogens is 4. The van der Waals surface area contributed by atoms with Gasteiger partial charge in [-0.15, -0.1) is 0 Å². The predicted molar refractivity (Wildman–Crippen MR) is 85.8 cm³/mol. The average molecular weight is 370 g/mol. The smallest absolute Gasteiger partial charge is 0.417 e. The monoisotopic (exact) mass is 369 g/mol. The minimum Gasteiger partial charge on any atom is -0.486 e. The van der Waals surface area contributed by atoms with Gasteiger partial charge in [0.2, 0.25) is 0 Å². The van der Waals surface area contributed by atoms with Crippen molar-refractivity contribution in [3.63, 3.8) is 0 Å². The predicted octanol–water partition coefficient (Wildman–Crippen LogP) is 5.48. The van der Waals surface area contributed by atoms with E-state index >= 15 is 0 Å². The fraction of sp³-hybridized carbons (Fsp3) is 0.250. The van der Waals surface area contributed by atoms with Gasteiger partial charge in [-0.1, -0.05) is 34.9 Å². The van der Waals surface area contributed by atoms with Crippen LogP contribution in [0.3, 0.4) is 0 Å². The van der Waals surface area contributed by atoms with Gasteiger partial charge >= 0.3 is 6.18 Å². The number of alkyl halides is 3. The average Bonchev–Trinajstić information content (AvgIpc) is 2.58. The number of benzene rings is 2. The first kappa shape index (κ1) is 17.3. The Labute approximate surface area is 145 Å². The topological polar surface area (TPSA) is 67.2 Å². The highest BCUT2D eigenvalue weighted by Gasteiger charge is 2.35. The van der Waals surface area contributed by atoms with Crippen LogP contribution in [-0.2, 0) is 6.18 Å². The normalized spacial score (nSPS) is 16.2. The zero-order valence-electron chi connectivity index (χ0n) is 12.6. The lowest BCUT2D eigenvalue weighted by Gasteiger charge is -2.28. The molecule has 3 rings (SSSR count). The number of ether oxygens (including phenoxy) is 2. The number of hydrogen-bond donors (Lipinski definition) is 0. The van der Waals surface area contributed by atoms with Crippen molar-refractivity contribution in [1.82, 2.24) is 0 Å². The molecular weight excluding hydrogens is 359 g/mol. The Balaban J connectivity index is 2.13. The molecule has 0 aromatic heterocycles. The number of hydrogen-bond acceptors (Lipinski definition) is 3. The maximum absolute atomic E-state index is 13.3. The second kappa shape index (κ2) is 6.74. The van der Waals surface area contributed by atoms with E-state index < -0.39 is 17.8 Å². The molecule has 0 bridgehead atoms. The van der Waals surface area contributed by atoms with Crippen LogP contribution in [0.4, 0.5) is 13.2 Å². The van der Waals surface area contributed by atoms with Crippen molar-refractivity contribution in [2.24, 2.45) is 5.11 Å². The third kappa shape index (κ3) is 3.60. The van der Waals surface area contributed by atoms with Crippen LogP contribution in [0.5, 0.6) is 11.5 Å². The van der Waals surface area contributed by atoms with E-state index in [0.29, 0.717) is 0 Å². The summed E-state index contributed by atoms with van der Waals surface area (Å²) in [4.78, 5) is 2.65. The molecule has 0 fully saturated rings. The lowest BCUT2D eigenvalue weighted by Crippen LogP contribution is -2.31. The van der Waals surface area contributed by atoms with Crippen molar-refractivity contribution in [3.8, 4) is 22.6 Å². The van der Waals surface area contributed by atoms with Crippen LogP contribution >= 0.6 is 11.6 Å². The van der Waals surface area contributed by atoms with Gasteiger partial charge in [0.05, 0.1) is 12.1 Å². The Bertz CT molecular complexity index is 851. The van der Waals surface area contributed by atoms with E-state index in [1.54, 1.807) is 0 Å². The first-order chi connectivity index (χ1) is 11.9. The summed E-state index contributed by atoms with van der Waals surface area (Å²) in [5, 5.41) is 3.64. The molecule has 0 amide bonds. The van der Waals surface area contributed by atoms with Gasteiger partial charge in [0.1, 0.15) is 12.7 Å². The van der Waals surface area contributed by atoms with E-state index in [0.717, 1.165) is 6.07 Å². The Morgan fingerprint density at radius 1 is 1.24 bits per heavy atom. The molecule has 1 unspecified atom stereocenters. The van der Waals surface area contributed by atoms with Crippen molar-refractivity contribution >= 4 is 11.6 Å². The van der Waals surface area contributed by atoms with Crippen molar-refractivity contribution in [3.05, 3.63) is 57.4 Å². The Kier molecular flexibility index (Phi) is 4.65. The molecule has 130 valence electrons. The molecule has 9 heteroatoms. The van der Waals surface area contributed by atoms with Crippen LogP contribution < -0.4 is 9.47 Å². The third-order valence-electron chi connectivity index (χ3n) is 3.60. The second-order valence-corrected chi connectivity index (χ2v) is 5.72. The van der Waals surface area contributed by atoms with E-state index in [-0.39, 0.29) is 40.8 Å².